The highest BCUT2D eigenvalue weighted by Gasteiger charge is 2.12. The molecule has 1 aromatic heterocycles. The molecule has 0 saturated heterocycles. The van der Waals surface area contributed by atoms with Gasteiger partial charge in [-0.05, 0) is 43.4 Å². The number of anilines is 1. The normalized spacial score (nSPS) is 11.1. The Bertz CT molecular complexity index is 946. The van der Waals surface area contributed by atoms with E-state index in [0.717, 1.165) is 28.1 Å². The lowest BCUT2D eigenvalue weighted by Crippen LogP contribution is -2.14. The Morgan fingerprint density at radius 2 is 1.71 bits per heavy atom. The molecule has 0 aliphatic carbocycles. The van der Waals surface area contributed by atoms with E-state index in [4.69, 9.17) is 4.42 Å². The minimum Gasteiger partial charge on any atom is -0.441 e. The summed E-state index contributed by atoms with van der Waals surface area (Å²) in [6, 6.07) is 12.5. The predicted octanol–water partition coefficient (Wildman–Crippen LogP) is 5.96. The lowest BCUT2D eigenvalue weighted by atomic mass is 10.0. The molecule has 0 bridgehead atoms. The van der Waals surface area contributed by atoms with Gasteiger partial charge in [-0.3, -0.25) is 4.79 Å². The molecular weight excluding hydrogens is 348 g/mol. The molecule has 146 valence electrons. The summed E-state index contributed by atoms with van der Waals surface area (Å²) in [6.45, 7) is 10.4. The van der Waals surface area contributed by atoms with Crippen LogP contribution < -0.4 is 5.32 Å². The third-order valence-corrected chi connectivity index (χ3v) is 4.92. The Balaban J connectivity index is 1.60. The van der Waals surface area contributed by atoms with E-state index in [1.165, 1.54) is 11.1 Å². The zero-order valence-corrected chi connectivity index (χ0v) is 17.3. The van der Waals surface area contributed by atoms with Gasteiger partial charge < -0.3 is 9.73 Å². The van der Waals surface area contributed by atoms with Gasteiger partial charge >= 0.3 is 0 Å². The number of nitrogens with one attached hydrogen (secondary N) is 1. The van der Waals surface area contributed by atoms with Crippen LogP contribution in [0.2, 0.25) is 0 Å². The molecule has 0 unspecified atom stereocenters. The van der Waals surface area contributed by atoms with Crippen LogP contribution in [0.3, 0.4) is 0 Å². The molecule has 0 spiro atoms. The van der Waals surface area contributed by atoms with Crippen molar-refractivity contribution >= 4 is 11.6 Å². The Morgan fingerprint density at radius 1 is 1.07 bits per heavy atom. The van der Waals surface area contributed by atoms with Crippen LogP contribution in [0, 0.1) is 20.8 Å². The summed E-state index contributed by atoms with van der Waals surface area (Å²) in [6.07, 6.45) is 2.53. The van der Waals surface area contributed by atoms with Crippen molar-refractivity contribution in [1.82, 2.24) is 4.98 Å². The average Bonchev–Trinajstić information content (AvgIpc) is 3.12. The van der Waals surface area contributed by atoms with Crippen LogP contribution in [-0.4, -0.2) is 10.9 Å². The quantitative estimate of drug-likeness (QED) is 0.577. The Morgan fingerprint density at radius 3 is 2.32 bits per heavy atom. The number of oxazole rings is 1. The monoisotopic (exact) mass is 376 g/mol. The number of nitrogens with zero attached hydrogens (tertiary/aromatic N) is 1. The maximum Gasteiger partial charge on any atom is 0.224 e. The minimum atomic E-state index is -0.0314. The summed E-state index contributed by atoms with van der Waals surface area (Å²) >= 11 is 0. The van der Waals surface area contributed by atoms with Crippen LogP contribution in [0.4, 0.5) is 5.69 Å². The summed E-state index contributed by atoms with van der Waals surface area (Å²) in [5, 5.41) is 3.02. The van der Waals surface area contributed by atoms with Crippen molar-refractivity contribution in [2.45, 2.75) is 53.4 Å². The van der Waals surface area contributed by atoms with E-state index in [2.05, 4.69) is 67.5 Å². The molecule has 0 aliphatic rings. The number of aromatic nitrogens is 1. The topological polar surface area (TPSA) is 55.1 Å². The Labute approximate surface area is 167 Å². The first kappa shape index (κ1) is 19.9. The molecule has 2 aromatic carbocycles. The summed E-state index contributed by atoms with van der Waals surface area (Å²) in [5.74, 6) is 1.78. The van der Waals surface area contributed by atoms with E-state index in [9.17, 15) is 4.79 Å². The highest BCUT2D eigenvalue weighted by molar-refractivity contribution is 5.92. The van der Waals surface area contributed by atoms with Crippen LogP contribution in [0.1, 0.15) is 54.3 Å². The third-order valence-electron chi connectivity index (χ3n) is 4.92. The van der Waals surface area contributed by atoms with Crippen molar-refractivity contribution in [3.8, 4) is 11.3 Å². The molecule has 1 amide bonds. The number of hydrogen-bond acceptors (Lipinski definition) is 3. The van der Waals surface area contributed by atoms with Crippen molar-refractivity contribution in [3.05, 3.63) is 70.7 Å². The number of carbonyl (C=O) groups is 1. The van der Waals surface area contributed by atoms with Gasteiger partial charge in [0.05, 0.1) is 6.20 Å². The maximum atomic E-state index is 12.4. The van der Waals surface area contributed by atoms with Crippen LogP contribution in [0.5, 0.6) is 0 Å². The van der Waals surface area contributed by atoms with Crippen LogP contribution in [0.25, 0.3) is 11.3 Å². The summed E-state index contributed by atoms with van der Waals surface area (Å²) in [4.78, 5) is 16.7. The first-order chi connectivity index (χ1) is 13.3. The Kier molecular flexibility index (Phi) is 5.98. The predicted molar refractivity (Wildman–Crippen MR) is 114 cm³/mol. The largest absolute Gasteiger partial charge is 0.441 e. The number of hydrogen-bond donors (Lipinski definition) is 1. The molecule has 4 heteroatoms. The van der Waals surface area contributed by atoms with E-state index < -0.39 is 0 Å². The van der Waals surface area contributed by atoms with Gasteiger partial charge in [0.15, 0.2) is 11.7 Å². The van der Waals surface area contributed by atoms with E-state index in [1.807, 2.05) is 13.8 Å². The van der Waals surface area contributed by atoms with E-state index in [-0.39, 0.29) is 5.91 Å². The van der Waals surface area contributed by atoms with Gasteiger partial charge in [0, 0.05) is 24.1 Å². The number of aryl methyl sites for hydroxylation is 4. The van der Waals surface area contributed by atoms with E-state index in [1.54, 1.807) is 6.20 Å². The highest BCUT2D eigenvalue weighted by Crippen LogP contribution is 2.24. The summed E-state index contributed by atoms with van der Waals surface area (Å²) < 4.78 is 5.84. The first-order valence-electron chi connectivity index (χ1n) is 9.76. The molecule has 0 radical (unpaired) electrons. The van der Waals surface area contributed by atoms with Crippen LogP contribution >= 0.6 is 0 Å². The molecule has 1 heterocycles. The molecule has 0 atom stereocenters. The zero-order chi connectivity index (χ0) is 20.3. The molecule has 3 aromatic rings. The molecule has 0 saturated carbocycles. The second-order valence-corrected chi connectivity index (χ2v) is 7.72. The molecule has 3 rings (SSSR count). The second-order valence-electron chi connectivity index (χ2n) is 7.72. The fraction of sp³-hybridized carbons (Fsp3) is 0.333. The van der Waals surface area contributed by atoms with Crippen LogP contribution in [0.15, 0.2) is 47.0 Å². The zero-order valence-electron chi connectivity index (χ0n) is 17.3. The molecule has 1 N–H and O–H groups in total. The first-order valence-corrected chi connectivity index (χ1v) is 9.76. The highest BCUT2D eigenvalue weighted by atomic mass is 16.4. The smallest absolute Gasteiger partial charge is 0.224 e. The number of carbonyl (C=O) groups excluding carboxylic acids is 1. The number of benzene rings is 2. The molecular formula is C24H28N2O2. The molecule has 0 fully saturated rings. The van der Waals surface area contributed by atoms with Gasteiger partial charge in [-0.2, -0.15) is 0 Å². The second kappa shape index (κ2) is 8.42. The number of rotatable bonds is 6. The molecule has 0 aliphatic heterocycles. The third kappa shape index (κ3) is 4.69. The van der Waals surface area contributed by atoms with Crippen LogP contribution in [-0.2, 0) is 11.2 Å². The average molecular weight is 377 g/mol. The van der Waals surface area contributed by atoms with Gasteiger partial charge in [-0.15, -0.1) is 0 Å². The minimum absolute atomic E-state index is 0.0314. The fourth-order valence-corrected chi connectivity index (χ4v) is 3.39. The SMILES string of the molecule is Cc1cc(C)c(NC(=O)CCc2ncc(-c3ccc(C(C)C)cc3)o2)c(C)c1. The fourth-order valence-electron chi connectivity index (χ4n) is 3.39. The van der Waals surface area contributed by atoms with Gasteiger partial charge in [0.2, 0.25) is 5.91 Å². The van der Waals surface area contributed by atoms with Gasteiger partial charge in [0.25, 0.3) is 0 Å². The van der Waals surface area contributed by atoms with Crippen molar-refractivity contribution in [2.75, 3.05) is 5.32 Å². The van der Waals surface area contributed by atoms with E-state index in [0.29, 0.717) is 24.7 Å². The standard InChI is InChI=1S/C24H28N2O2/c1-15(2)19-6-8-20(9-7-19)21-14-25-23(28-21)11-10-22(27)26-24-17(4)12-16(3)13-18(24)5/h6-9,12-15H,10-11H2,1-5H3,(H,26,27). The van der Waals surface area contributed by atoms with Crippen molar-refractivity contribution in [1.29, 1.82) is 0 Å². The van der Waals surface area contributed by atoms with Crippen molar-refractivity contribution in [3.63, 3.8) is 0 Å². The molecule has 28 heavy (non-hydrogen) atoms. The lowest BCUT2D eigenvalue weighted by molar-refractivity contribution is -0.116. The van der Waals surface area contributed by atoms with Gasteiger partial charge in [0.1, 0.15) is 0 Å². The van der Waals surface area contributed by atoms with Gasteiger partial charge in [-0.1, -0.05) is 55.8 Å². The molecule has 4 nitrogen and oxygen atoms in total. The van der Waals surface area contributed by atoms with Gasteiger partial charge in [-0.25, -0.2) is 4.98 Å². The maximum absolute atomic E-state index is 12.4. The number of amides is 1. The van der Waals surface area contributed by atoms with E-state index >= 15 is 0 Å². The summed E-state index contributed by atoms with van der Waals surface area (Å²) in [5.41, 5.74) is 6.54. The van der Waals surface area contributed by atoms with Crippen molar-refractivity contribution < 1.29 is 9.21 Å². The van der Waals surface area contributed by atoms with Crippen molar-refractivity contribution in [2.24, 2.45) is 0 Å². The lowest BCUT2D eigenvalue weighted by Gasteiger charge is -2.12. The summed E-state index contributed by atoms with van der Waals surface area (Å²) in [7, 11) is 0. The Hall–Kier alpha value is -2.88.